The van der Waals surface area contributed by atoms with Crippen molar-refractivity contribution in [1.29, 1.82) is 5.26 Å². The molecule has 5 aromatic rings. The first-order chi connectivity index (χ1) is 24.5. The first-order valence-corrected chi connectivity index (χ1v) is 17.8. The number of likely N-dealkylation sites (tertiary alicyclic amines) is 1. The Bertz CT molecular complexity index is 2360. The number of pyridine rings is 2. The second kappa shape index (κ2) is 13.6. The monoisotopic (exact) mass is 727 g/mol. The van der Waals surface area contributed by atoms with Crippen LogP contribution in [0, 0.1) is 30.1 Å². The standard InChI is InChI=1S/C37H32ClF2N7O3S/c1-3-46(24-9-13-45(14-10-24)25-16-37(39,40)17-25)34-28(18-41)31-30(19-43-34)44-21(2)47(35(31)48)12-4-5-22-6-7-23(38)15-27(22)26-8-11-42-32-29(36(49)50)20-51-33(26)32/h6-8,11,15,19-20,24-25H,3,9-10,12-14,16-17H2,1-2H3,(H,49,50). The molecule has 10 nitrogen and oxygen atoms in total. The Morgan fingerprint density at radius 1 is 1.20 bits per heavy atom. The van der Waals surface area contributed by atoms with Gasteiger partial charge in [0.1, 0.15) is 23.3 Å². The zero-order valence-corrected chi connectivity index (χ0v) is 29.4. The molecule has 0 spiro atoms. The fourth-order valence-electron chi connectivity index (χ4n) is 7.21. The maximum atomic E-state index is 14.1. The number of piperidine rings is 1. The predicted molar refractivity (Wildman–Crippen MR) is 193 cm³/mol. The zero-order chi connectivity index (χ0) is 36.0. The molecule has 1 saturated heterocycles. The number of benzene rings is 1. The van der Waals surface area contributed by atoms with Crippen LogP contribution in [0.1, 0.15) is 59.9 Å². The van der Waals surface area contributed by atoms with Crippen LogP contribution >= 0.6 is 22.9 Å². The first-order valence-electron chi connectivity index (χ1n) is 16.6. The first kappa shape index (κ1) is 34.5. The van der Waals surface area contributed by atoms with Gasteiger partial charge in [0.15, 0.2) is 0 Å². The number of carbonyl (C=O) groups is 1. The molecule has 2 aliphatic rings. The molecule has 0 unspecified atom stereocenters. The number of fused-ring (bicyclic) bond motifs is 2. The average molecular weight is 728 g/mol. The van der Waals surface area contributed by atoms with Crippen molar-refractivity contribution < 1.29 is 18.7 Å². The van der Waals surface area contributed by atoms with E-state index >= 15 is 0 Å². The quantitative estimate of drug-likeness (QED) is 0.181. The van der Waals surface area contributed by atoms with Crippen molar-refractivity contribution in [2.45, 2.75) is 64.1 Å². The van der Waals surface area contributed by atoms with Crippen molar-refractivity contribution in [2.75, 3.05) is 24.5 Å². The number of halogens is 3. The highest BCUT2D eigenvalue weighted by atomic mass is 35.5. The minimum absolute atomic E-state index is 0.0116. The highest BCUT2D eigenvalue weighted by Gasteiger charge is 2.48. The molecule has 1 aliphatic heterocycles. The summed E-state index contributed by atoms with van der Waals surface area (Å²) in [5.74, 6) is 3.45. The molecule has 1 N–H and O–H groups in total. The molecule has 0 bridgehead atoms. The Labute approximate surface area is 300 Å². The molecule has 14 heteroatoms. The van der Waals surface area contributed by atoms with Gasteiger partial charge in [0.05, 0.1) is 39.4 Å². The Kier molecular flexibility index (Phi) is 9.23. The SMILES string of the molecule is CCN(c1ncc2nc(C)n(CC#Cc3ccc(Cl)cc3-c3ccnc4c(C(=O)O)csc34)c(=O)c2c1C#N)C1CCN(C2CC(F)(F)C2)CC1. The Morgan fingerprint density at radius 2 is 1.96 bits per heavy atom. The summed E-state index contributed by atoms with van der Waals surface area (Å²) in [7, 11) is 0. The number of thiophene rings is 1. The summed E-state index contributed by atoms with van der Waals surface area (Å²) in [5, 5.41) is 22.2. The summed E-state index contributed by atoms with van der Waals surface area (Å²) in [5.41, 5.74) is 2.60. The van der Waals surface area contributed by atoms with Gasteiger partial charge in [-0.05, 0) is 51.0 Å². The lowest BCUT2D eigenvalue weighted by molar-refractivity contribution is -0.127. The number of nitriles is 1. The smallest absolute Gasteiger partial charge is 0.338 e. The fourth-order valence-corrected chi connectivity index (χ4v) is 8.41. The number of carboxylic acid groups (broad SMARTS) is 1. The van der Waals surface area contributed by atoms with Crippen molar-refractivity contribution in [3.63, 3.8) is 0 Å². The molecule has 1 aromatic carbocycles. The van der Waals surface area contributed by atoms with Gasteiger partial charge in [-0.2, -0.15) is 5.26 Å². The highest BCUT2D eigenvalue weighted by molar-refractivity contribution is 7.18. The summed E-state index contributed by atoms with van der Waals surface area (Å²) >= 11 is 7.67. The summed E-state index contributed by atoms with van der Waals surface area (Å²) in [6, 6.07) is 9.21. The fraction of sp³-hybridized carbons (Fsp3) is 0.351. The number of hydrogen-bond acceptors (Lipinski definition) is 9. The topological polar surface area (TPSA) is 128 Å². The van der Waals surface area contributed by atoms with Crippen LogP contribution in [0.5, 0.6) is 0 Å². The van der Waals surface area contributed by atoms with Gasteiger partial charge in [0.25, 0.3) is 11.5 Å². The van der Waals surface area contributed by atoms with E-state index in [1.165, 1.54) is 22.1 Å². The molecule has 0 atom stereocenters. The Hall–Kier alpha value is -4.95. The highest BCUT2D eigenvalue weighted by Crippen LogP contribution is 2.42. The van der Waals surface area contributed by atoms with E-state index in [9.17, 15) is 28.7 Å². The van der Waals surface area contributed by atoms with Crippen LogP contribution in [0.4, 0.5) is 14.6 Å². The number of nitrogens with zero attached hydrogens (tertiary/aromatic N) is 7. The number of aromatic carboxylic acids is 1. The number of hydrogen-bond donors (Lipinski definition) is 1. The van der Waals surface area contributed by atoms with Crippen LogP contribution in [0.25, 0.3) is 32.2 Å². The molecule has 0 radical (unpaired) electrons. The molecular formula is C37H32ClF2N7O3S. The van der Waals surface area contributed by atoms with Crippen molar-refractivity contribution in [1.82, 2.24) is 24.4 Å². The van der Waals surface area contributed by atoms with Crippen molar-refractivity contribution >= 4 is 55.8 Å². The number of rotatable bonds is 7. The molecule has 4 aromatic heterocycles. The van der Waals surface area contributed by atoms with Crippen LogP contribution in [0.2, 0.25) is 5.02 Å². The normalized spacial score (nSPS) is 16.4. The Morgan fingerprint density at radius 3 is 2.65 bits per heavy atom. The zero-order valence-electron chi connectivity index (χ0n) is 27.8. The van der Waals surface area contributed by atoms with Gasteiger partial charge < -0.3 is 10.0 Å². The molecule has 7 rings (SSSR count). The van der Waals surface area contributed by atoms with E-state index in [1.807, 2.05) is 11.8 Å². The van der Waals surface area contributed by atoms with Gasteiger partial charge in [-0.3, -0.25) is 19.2 Å². The third-order valence-electron chi connectivity index (χ3n) is 9.84. The van der Waals surface area contributed by atoms with E-state index < -0.39 is 17.5 Å². The van der Waals surface area contributed by atoms with Gasteiger partial charge >= 0.3 is 5.97 Å². The third kappa shape index (κ3) is 6.42. The van der Waals surface area contributed by atoms with Crippen LogP contribution in [0.3, 0.4) is 0 Å². The molecular weight excluding hydrogens is 696 g/mol. The average Bonchev–Trinajstić information content (AvgIpc) is 3.55. The molecule has 1 aliphatic carbocycles. The number of carboxylic acids is 1. The number of aromatic nitrogens is 4. The van der Waals surface area contributed by atoms with Gasteiger partial charge in [-0.15, -0.1) is 11.3 Å². The van der Waals surface area contributed by atoms with E-state index in [4.69, 9.17) is 11.6 Å². The van der Waals surface area contributed by atoms with Crippen LogP contribution < -0.4 is 10.5 Å². The number of aryl methyl sites for hydroxylation is 1. The molecule has 260 valence electrons. The number of alkyl halides is 2. The second-order valence-corrected chi connectivity index (χ2v) is 14.1. The minimum atomic E-state index is -2.57. The number of anilines is 1. The molecule has 51 heavy (non-hydrogen) atoms. The van der Waals surface area contributed by atoms with Gasteiger partial charge in [0.2, 0.25) is 0 Å². The predicted octanol–water partition coefficient (Wildman–Crippen LogP) is 6.74. The van der Waals surface area contributed by atoms with E-state index in [-0.39, 0.29) is 48.0 Å². The lowest BCUT2D eigenvalue weighted by atomic mass is 9.85. The maximum absolute atomic E-state index is 14.1. The Balaban J connectivity index is 1.19. The molecule has 0 amide bonds. The molecule has 5 heterocycles. The summed E-state index contributed by atoms with van der Waals surface area (Å²) in [6.45, 7) is 5.57. The largest absolute Gasteiger partial charge is 0.478 e. The van der Waals surface area contributed by atoms with Crippen LogP contribution in [0.15, 0.2) is 46.8 Å². The van der Waals surface area contributed by atoms with E-state index in [2.05, 4.69) is 37.8 Å². The molecule has 1 saturated carbocycles. The van der Waals surface area contributed by atoms with E-state index in [0.29, 0.717) is 63.2 Å². The maximum Gasteiger partial charge on any atom is 0.338 e. The van der Waals surface area contributed by atoms with Crippen LogP contribution in [-0.4, -0.2) is 73.1 Å². The van der Waals surface area contributed by atoms with Crippen molar-refractivity contribution in [3.8, 4) is 29.0 Å². The lowest BCUT2D eigenvalue weighted by Gasteiger charge is -2.47. The summed E-state index contributed by atoms with van der Waals surface area (Å²) in [6.07, 6.45) is 4.36. The van der Waals surface area contributed by atoms with E-state index in [1.54, 1.807) is 42.8 Å². The summed E-state index contributed by atoms with van der Waals surface area (Å²) < 4.78 is 29.1. The van der Waals surface area contributed by atoms with Crippen LogP contribution in [-0.2, 0) is 6.54 Å². The lowest BCUT2D eigenvalue weighted by Crippen LogP contribution is -2.55. The second-order valence-electron chi connectivity index (χ2n) is 12.8. The van der Waals surface area contributed by atoms with Crippen molar-refractivity contribution in [2.24, 2.45) is 0 Å². The minimum Gasteiger partial charge on any atom is -0.478 e. The summed E-state index contributed by atoms with van der Waals surface area (Å²) in [4.78, 5) is 43.5. The third-order valence-corrected chi connectivity index (χ3v) is 11.1. The van der Waals surface area contributed by atoms with Crippen molar-refractivity contribution in [3.05, 3.63) is 79.9 Å². The van der Waals surface area contributed by atoms with E-state index in [0.717, 1.165) is 18.4 Å². The van der Waals surface area contributed by atoms with Gasteiger partial charge in [-0.25, -0.2) is 23.5 Å². The van der Waals surface area contributed by atoms with Gasteiger partial charge in [0, 0.05) is 77.8 Å². The molecule has 2 fully saturated rings. The van der Waals surface area contributed by atoms with Gasteiger partial charge in [-0.1, -0.05) is 23.4 Å².